The summed E-state index contributed by atoms with van der Waals surface area (Å²) in [5.41, 5.74) is 1.74. The molecule has 1 aliphatic carbocycles. The van der Waals surface area contributed by atoms with E-state index in [2.05, 4.69) is 15.0 Å². The minimum atomic E-state index is -3.81. The van der Waals surface area contributed by atoms with Gasteiger partial charge in [-0.25, -0.2) is 18.1 Å². The van der Waals surface area contributed by atoms with Gasteiger partial charge in [-0.2, -0.15) is 0 Å². The minimum Gasteiger partial charge on any atom is -0.495 e. The molecule has 1 amide bonds. The Bertz CT molecular complexity index is 1220. The number of methoxy groups -OCH3 is 1. The van der Waals surface area contributed by atoms with Crippen LogP contribution in [0.1, 0.15) is 36.0 Å². The maximum atomic E-state index is 12.9. The largest absolute Gasteiger partial charge is 0.495 e. The topological polar surface area (TPSA) is 97.4 Å². The van der Waals surface area contributed by atoms with Gasteiger partial charge in [-0.1, -0.05) is 24.6 Å². The van der Waals surface area contributed by atoms with Crippen LogP contribution in [0, 0.1) is 0 Å². The van der Waals surface area contributed by atoms with Gasteiger partial charge in [-0.05, 0) is 55.5 Å². The van der Waals surface area contributed by atoms with Crippen LogP contribution in [-0.2, 0) is 10.0 Å². The third-order valence-electron chi connectivity index (χ3n) is 5.19. The average molecular weight is 478 g/mol. The first-order valence-electron chi connectivity index (χ1n) is 9.86. The number of benzene rings is 2. The summed E-state index contributed by atoms with van der Waals surface area (Å²) < 4.78 is 35.8. The molecule has 0 bridgehead atoms. The van der Waals surface area contributed by atoms with Crippen LogP contribution in [0.2, 0.25) is 0 Å². The molecule has 0 radical (unpaired) electrons. The molecule has 31 heavy (non-hydrogen) atoms. The molecular formula is C21H23N3O4S3. The van der Waals surface area contributed by atoms with Crippen molar-refractivity contribution in [2.75, 3.05) is 18.7 Å². The molecule has 0 atom stereocenters. The van der Waals surface area contributed by atoms with Gasteiger partial charge in [0.1, 0.15) is 10.6 Å². The lowest BCUT2D eigenvalue weighted by Crippen LogP contribution is -2.33. The first-order valence-corrected chi connectivity index (χ1v) is 13.4. The molecular weight excluding hydrogens is 454 g/mol. The Morgan fingerprint density at radius 2 is 1.97 bits per heavy atom. The molecule has 0 spiro atoms. The second-order valence-corrected chi connectivity index (χ2v) is 11.1. The number of thioether (sulfide) groups is 1. The first kappa shape index (κ1) is 22.1. The zero-order valence-electron chi connectivity index (χ0n) is 17.2. The fourth-order valence-corrected chi connectivity index (χ4v) is 6.65. The summed E-state index contributed by atoms with van der Waals surface area (Å²) in [7, 11) is -2.39. The van der Waals surface area contributed by atoms with Crippen LogP contribution in [0.25, 0.3) is 10.2 Å². The molecule has 3 aromatic rings. The number of sulfonamides is 1. The molecule has 10 heteroatoms. The highest BCUT2D eigenvalue weighted by atomic mass is 32.2. The Labute approximate surface area is 189 Å². The van der Waals surface area contributed by atoms with E-state index in [-0.39, 0.29) is 22.3 Å². The van der Waals surface area contributed by atoms with Crippen molar-refractivity contribution in [3.63, 3.8) is 0 Å². The Balaban J connectivity index is 1.58. The van der Waals surface area contributed by atoms with Crippen LogP contribution in [0.3, 0.4) is 0 Å². The lowest BCUT2D eigenvalue weighted by Gasteiger charge is -2.16. The number of nitrogens with one attached hydrogen (secondary N) is 2. The summed E-state index contributed by atoms with van der Waals surface area (Å²) in [5.74, 6) is -0.188. The fourth-order valence-electron chi connectivity index (χ4n) is 3.63. The van der Waals surface area contributed by atoms with Gasteiger partial charge in [-0.3, -0.25) is 4.79 Å². The second-order valence-electron chi connectivity index (χ2n) is 7.29. The summed E-state index contributed by atoms with van der Waals surface area (Å²) in [6.07, 6.45) is 5.63. The van der Waals surface area contributed by atoms with Crippen molar-refractivity contribution < 1.29 is 17.9 Å². The summed E-state index contributed by atoms with van der Waals surface area (Å²) in [5, 5.41) is 2.84. The van der Waals surface area contributed by atoms with E-state index < -0.39 is 15.9 Å². The van der Waals surface area contributed by atoms with Gasteiger partial charge < -0.3 is 10.1 Å². The number of aromatic nitrogens is 1. The lowest BCUT2D eigenvalue weighted by atomic mass is 10.2. The van der Waals surface area contributed by atoms with E-state index in [4.69, 9.17) is 4.74 Å². The number of thiazole rings is 1. The van der Waals surface area contributed by atoms with Crippen molar-refractivity contribution in [1.82, 2.24) is 9.71 Å². The summed E-state index contributed by atoms with van der Waals surface area (Å²) >= 11 is 3.13. The number of rotatable bonds is 7. The summed E-state index contributed by atoms with van der Waals surface area (Å²) in [4.78, 5) is 17.3. The lowest BCUT2D eigenvalue weighted by molar-refractivity contribution is 0.102. The van der Waals surface area contributed by atoms with Gasteiger partial charge >= 0.3 is 0 Å². The maximum Gasteiger partial charge on any atom is 0.255 e. The highest BCUT2D eigenvalue weighted by molar-refractivity contribution is 8.00. The number of amides is 1. The van der Waals surface area contributed by atoms with E-state index in [0.29, 0.717) is 5.69 Å². The van der Waals surface area contributed by atoms with Crippen molar-refractivity contribution in [2.45, 2.75) is 41.0 Å². The van der Waals surface area contributed by atoms with Crippen LogP contribution in [0.15, 0.2) is 45.6 Å². The number of anilines is 1. The number of hydrogen-bond donors (Lipinski definition) is 2. The molecule has 2 N–H and O–H groups in total. The van der Waals surface area contributed by atoms with Gasteiger partial charge in [-0.15, -0.1) is 11.3 Å². The SMILES string of the molecule is COc1ccc(C(=O)Nc2ccc3nc(SC)sc3c2)cc1S(=O)(=O)NC1CCCC1. The molecule has 0 unspecified atom stereocenters. The molecule has 164 valence electrons. The second kappa shape index (κ2) is 9.15. The molecule has 1 saturated carbocycles. The molecule has 0 aliphatic heterocycles. The molecule has 0 saturated heterocycles. The molecule has 1 aliphatic rings. The van der Waals surface area contributed by atoms with Gasteiger partial charge in [0.25, 0.3) is 5.91 Å². The van der Waals surface area contributed by atoms with Gasteiger partial charge in [0.15, 0.2) is 4.34 Å². The predicted molar refractivity (Wildman–Crippen MR) is 125 cm³/mol. The van der Waals surface area contributed by atoms with E-state index in [1.54, 1.807) is 35.2 Å². The first-order chi connectivity index (χ1) is 14.9. The van der Waals surface area contributed by atoms with Crippen molar-refractivity contribution in [3.8, 4) is 5.75 Å². The third kappa shape index (κ3) is 4.87. The van der Waals surface area contributed by atoms with Crippen LogP contribution < -0.4 is 14.8 Å². The summed E-state index contributed by atoms with van der Waals surface area (Å²) in [6.45, 7) is 0. The molecule has 1 fully saturated rings. The number of hydrogen-bond acceptors (Lipinski definition) is 7. The fraction of sp³-hybridized carbons (Fsp3) is 0.333. The van der Waals surface area contributed by atoms with E-state index >= 15 is 0 Å². The van der Waals surface area contributed by atoms with Crippen LogP contribution in [0.5, 0.6) is 5.75 Å². The third-order valence-corrected chi connectivity index (χ3v) is 8.74. The van der Waals surface area contributed by atoms with E-state index in [1.165, 1.54) is 19.2 Å². The Morgan fingerprint density at radius 1 is 1.19 bits per heavy atom. The van der Waals surface area contributed by atoms with E-state index in [1.807, 2.05) is 18.4 Å². The normalized spacial score (nSPS) is 14.8. The number of carbonyl (C=O) groups excluding carboxylic acids is 1. The quantitative estimate of drug-likeness (QED) is 0.486. The molecule has 7 nitrogen and oxygen atoms in total. The van der Waals surface area contributed by atoms with Crippen molar-refractivity contribution >= 4 is 54.9 Å². The number of ether oxygens (including phenoxy) is 1. The zero-order valence-corrected chi connectivity index (χ0v) is 19.6. The zero-order chi connectivity index (χ0) is 22.0. The van der Waals surface area contributed by atoms with E-state index in [9.17, 15) is 13.2 Å². The van der Waals surface area contributed by atoms with Gasteiger partial charge in [0.2, 0.25) is 10.0 Å². The molecule has 2 aromatic carbocycles. The monoisotopic (exact) mass is 477 g/mol. The average Bonchev–Trinajstić information content (AvgIpc) is 3.41. The standard InChI is InChI=1S/C21H23N3O4S3/c1-28-17-10-7-13(11-19(17)31(26,27)24-14-5-3-4-6-14)20(25)22-15-8-9-16-18(12-15)30-21(23-16)29-2/h7-12,14,24H,3-6H2,1-2H3,(H,22,25). The van der Waals surface area contributed by atoms with Crippen molar-refractivity contribution in [1.29, 1.82) is 0 Å². The predicted octanol–water partition coefficient (Wildman–Crippen LogP) is 4.50. The van der Waals surface area contributed by atoms with Crippen LogP contribution in [0.4, 0.5) is 5.69 Å². The summed E-state index contributed by atoms with van der Waals surface area (Å²) in [6, 6.07) is 9.86. The maximum absolute atomic E-state index is 12.9. The highest BCUT2D eigenvalue weighted by Crippen LogP contribution is 2.31. The number of carbonyl (C=O) groups is 1. The van der Waals surface area contributed by atoms with Gasteiger partial charge in [0, 0.05) is 17.3 Å². The van der Waals surface area contributed by atoms with Crippen LogP contribution in [-0.4, -0.2) is 38.7 Å². The minimum absolute atomic E-state index is 0.0305. The van der Waals surface area contributed by atoms with E-state index in [0.717, 1.165) is 40.2 Å². The Hall–Kier alpha value is -2.14. The Morgan fingerprint density at radius 3 is 2.68 bits per heavy atom. The van der Waals surface area contributed by atoms with Crippen molar-refractivity contribution in [2.24, 2.45) is 0 Å². The number of nitrogens with zero attached hydrogens (tertiary/aromatic N) is 1. The van der Waals surface area contributed by atoms with Crippen LogP contribution >= 0.6 is 23.1 Å². The van der Waals surface area contributed by atoms with Gasteiger partial charge in [0.05, 0.1) is 17.3 Å². The highest BCUT2D eigenvalue weighted by Gasteiger charge is 2.26. The van der Waals surface area contributed by atoms with Crippen molar-refractivity contribution in [3.05, 3.63) is 42.0 Å². The molecule has 1 heterocycles. The molecule has 4 rings (SSSR count). The Kier molecular flexibility index (Phi) is 6.52. The molecule has 1 aromatic heterocycles. The number of fused-ring (bicyclic) bond motifs is 1. The smallest absolute Gasteiger partial charge is 0.255 e.